The van der Waals surface area contributed by atoms with Gasteiger partial charge in [0.15, 0.2) is 0 Å². The molecule has 0 aromatic rings. The molecule has 0 aliphatic heterocycles. The van der Waals surface area contributed by atoms with Gasteiger partial charge in [0, 0.05) is 0 Å². The first-order chi connectivity index (χ1) is 2.73. The third-order valence-electron chi connectivity index (χ3n) is 0. The first-order valence-electron chi connectivity index (χ1n) is 0.780. The van der Waals surface area contributed by atoms with Crippen molar-refractivity contribution in [3.8, 4) is 0 Å². The van der Waals surface area contributed by atoms with Gasteiger partial charge in [-0.25, -0.2) is 4.79 Å². The Morgan fingerprint density at radius 1 is 1.43 bits per heavy atom. The Balaban J connectivity index is -0.0000000183. The van der Waals surface area contributed by atoms with Crippen LogP contribution in [0, 0.1) is 0 Å². The fourth-order valence-electron chi connectivity index (χ4n) is 0. The van der Waals surface area contributed by atoms with Gasteiger partial charge in [0.1, 0.15) is 0 Å². The number of carbonyl (C=O) groups is 1. The average Bonchev–Trinajstić information content (AvgIpc) is 1.41. The molecule has 7 heavy (non-hydrogen) atoms. The van der Waals surface area contributed by atoms with E-state index in [0.29, 0.717) is 0 Å². The van der Waals surface area contributed by atoms with Gasteiger partial charge in [-0.15, -0.1) is 0 Å². The van der Waals surface area contributed by atoms with E-state index in [1.807, 2.05) is 0 Å². The molecular weight excluding hydrogens is 142 g/mol. The minimum absolute atomic E-state index is 0. The molecule has 0 spiro atoms. The number of carboxylic acid groups (broad SMARTS) is 2. The van der Waals surface area contributed by atoms with Crippen LogP contribution in [-0.4, -0.2) is 16.4 Å². The van der Waals surface area contributed by atoms with Crippen LogP contribution in [0.2, 0.25) is 0 Å². The van der Waals surface area contributed by atoms with Gasteiger partial charge < -0.3 is 11.6 Å². The zero-order chi connectivity index (χ0) is 5.58. The first kappa shape index (κ1) is 15.7. The third kappa shape index (κ3) is 4120. The van der Waals surface area contributed by atoms with Gasteiger partial charge in [0.25, 0.3) is 0 Å². The summed E-state index contributed by atoms with van der Waals surface area (Å²) in [5, 5.41) is 13.9. The zero-order valence-corrected chi connectivity index (χ0v) is 4.51. The van der Waals surface area contributed by atoms with Gasteiger partial charge in [-0.05, 0) is 0 Å². The maximum atomic E-state index is 8.56. The van der Waals surface area contributed by atoms with E-state index >= 15 is 0 Å². The van der Waals surface area contributed by atoms with E-state index < -0.39 is 6.16 Å². The van der Waals surface area contributed by atoms with Crippen LogP contribution in [0.3, 0.4) is 0 Å². The second-order valence-electron chi connectivity index (χ2n) is 0.283. The van der Waals surface area contributed by atoms with Crippen LogP contribution in [-0.2, 0) is 19.3 Å². The molecule has 0 heterocycles. The summed E-state index contributed by atoms with van der Waals surface area (Å²) in [6.45, 7) is 0. The molecule has 0 fully saturated rings. The van der Waals surface area contributed by atoms with E-state index in [0.717, 1.165) is 0 Å². The molecule has 42 valence electrons. The van der Waals surface area contributed by atoms with Gasteiger partial charge in [0.2, 0.25) is 0 Å². The summed E-state index contributed by atoms with van der Waals surface area (Å²) < 4.78 is 7.88. The molecule has 0 aliphatic carbocycles. The molecule has 0 aliphatic rings. The van der Waals surface area contributed by atoms with Crippen LogP contribution < -0.4 is 18.9 Å². The molecule has 0 aromatic heterocycles. The van der Waals surface area contributed by atoms with Gasteiger partial charge >= 0.3 is 44.3 Å². The van der Waals surface area contributed by atoms with Crippen LogP contribution in [0.1, 0.15) is 1.43 Å². The monoisotopic (exact) mass is 144 g/mol. The predicted molar refractivity (Wildman–Crippen MR) is 12.5 cm³/mol. The van der Waals surface area contributed by atoms with E-state index in [2.05, 4.69) is 15.4 Å². The number of rotatable bonds is 0. The molecule has 2 N–H and O–H groups in total. The molecule has 0 rings (SSSR count). The van der Waals surface area contributed by atoms with E-state index in [1.165, 1.54) is 0 Å². The summed E-state index contributed by atoms with van der Waals surface area (Å²) in [5.74, 6) is 0. The Labute approximate surface area is 61.1 Å². The summed E-state index contributed by atoms with van der Waals surface area (Å²) in [5.41, 5.74) is 0. The van der Waals surface area contributed by atoms with Crippen LogP contribution in [0.4, 0.5) is 4.79 Å². The van der Waals surface area contributed by atoms with Crippen molar-refractivity contribution in [1.82, 2.24) is 0 Å². The molecule has 4 nitrogen and oxygen atoms in total. The molecule has 0 amide bonds. The average molecular weight is 145 g/mol. The molecule has 0 unspecified atom stereocenters. The van der Waals surface area contributed by atoms with E-state index in [1.54, 1.807) is 0 Å². The molecular formula is CH3LiNiO4. The van der Waals surface area contributed by atoms with Crippen molar-refractivity contribution in [3.05, 3.63) is 0 Å². The Morgan fingerprint density at radius 3 is 1.43 bits per heavy atom. The summed E-state index contributed by atoms with van der Waals surface area (Å²) in [7, 11) is 0. The van der Waals surface area contributed by atoms with Crippen molar-refractivity contribution in [2.45, 2.75) is 0 Å². The van der Waals surface area contributed by atoms with Crippen molar-refractivity contribution in [2.24, 2.45) is 0 Å². The molecule has 0 radical (unpaired) electrons. The second-order valence-corrected chi connectivity index (χ2v) is 0.283. The standard InChI is InChI=1S/CH2O3.Li.Ni.O.H/c2-1(3)4;;;;/h(H2,2,3,4);;;;/q;+1;;;-1. The molecule has 0 saturated carbocycles. The fourth-order valence-corrected chi connectivity index (χ4v) is 0. The van der Waals surface area contributed by atoms with Crippen LogP contribution >= 0.6 is 0 Å². The Bertz CT molecular complexity index is 47.3. The maximum absolute atomic E-state index is 8.56. The SMILES string of the molecule is O=C(O)O.[H-].[Li+].[O]=[Ni]. The molecule has 0 atom stereocenters. The Morgan fingerprint density at radius 2 is 1.43 bits per heavy atom. The van der Waals surface area contributed by atoms with Crippen molar-refractivity contribution in [2.75, 3.05) is 0 Å². The minimum atomic E-state index is -1.83. The summed E-state index contributed by atoms with van der Waals surface area (Å²) in [6, 6.07) is 0. The topological polar surface area (TPSA) is 74.6 Å². The van der Waals surface area contributed by atoms with Crippen molar-refractivity contribution in [3.63, 3.8) is 0 Å². The van der Waals surface area contributed by atoms with E-state index in [9.17, 15) is 0 Å². The zero-order valence-electron chi connectivity index (χ0n) is 4.53. The molecule has 0 aromatic carbocycles. The number of hydrogen-bond acceptors (Lipinski definition) is 2. The van der Waals surface area contributed by atoms with Crippen molar-refractivity contribution < 1.29 is 54.6 Å². The number of hydrogen-bond donors (Lipinski definition) is 2. The quantitative estimate of drug-likeness (QED) is 0.361. The molecule has 6 heteroatoms. The summed E-state index contributed by atoms with van der Waals surface area (Å²) in [6.07, 6.45) is -1.83. The van der Waals surface area contributed by atoms with Crippen LogP contribution in [0.15, 0.2) is 0 Å². The van der Waals surface area contributed by atoms with Gasteiger partial charge in [-0.3, -0.25) is 0 Å². The summed E-state index contributed by atoms with van der Waals surface area (Å²) in [4.78, 5) is 8.56. The van der Waals surface area contributed by atoms with Crippen molar-refractivity contribution >= 4 is 6.16 Å². The van der Waals surface area contributed by atoms with Gasteiger partial charge in [-0.1, -0.05) is 0 Å². The van der Waals surface area contributed by atoms with Crippen LogP contribution in [0.25, 0.3) is 0 Å². The predicted octanol–water partition coefficient (Wildman–Crippen LogP) is -2.78. The molecule has 0 saturated heterocycles. The first-order valence-corrected chi connectivity index (χ1v) is 1.18. The molecule has 0 bridgehead atoms. The van der Waals surface area contributed by atoms with E-state index in [-0.39, 0.29) is 20.3 Å². The van der Waals surface area contributed by atoms with Gasteiger partial charge in [0.05, 0.1) is 0 Å². The fraction of sp³-hybridized carbons (Fsp3) is 0. The van der Waals surface area contributed by atoms with E-state index in [4.69, 9.17) is 18.9 Å². The van der Waals surface area contributed by atoms with Gasteiger partial charge in [-0.2, -0.15) is 0 Å². The third-order valence-corrected chi connectivity index (χ3v) is 0. The normalized spacial score (nSPS) is 4.29. The Kier molecular flexibility index (Phi) is 36.8. The Hall–Kier alpha value is 0.161. The van der Waals surface area contributed by atoms with Crippen LogP contribution in [0.5, 0.6) is 0 Å². The van der Waals surface area contributed by atoms with Crippen molar-refractivity contribution in [1.29, 1.82) is 0 Å². The summed E-state index contributed by atoms with van der Waals surface area (Å²) >= 11 is 2.62. The second kappa shape index (κ2) is 16.4.